The number of aryl methyl sites for hydroxylation is 1. The van der Waals surface area contributed by atoms with Crippen molar-refractivity contribution in [3.63, 3.8) is 0 Å². The van der Waals surface area contributed by atoms with Crippen LogP contribution in [0.15, 0.2) is 65.0 Å². The molecule has 0 spiro atoms. The molecule has 0 aliphatic rings. The zero-order valence-corrected chi connectivity index (χ0v) is 17.8. The first-order valence-electron chi connectivity index (χ1n) is 8.88. The van der Waals surface area contributed by atoms with E-state index in [0.717, 1.165) is 15.3 Å². The molecule has 2 aromatic carbocycles. The van der Waals surface area contributed by atoms with E-state index in [4.69, 9.17) is 16.7 Å². The van der Waals surface area contributed by atoms with Gasteiger partial charge in [-0.25, -0.2) is 8.36 Å². The van der Waals surface area contributed by atoms with Crippen molar-refractivity contribution in [3.05, 3.63) is 77.2 Å². The lowest BCUT2D eigenvalue weighted by Crippen LogP contribution is -2.10. The van der Waals surface area contributed by atoms with E-state index >= 15 is 0 Å². The molecular weight excluding hydrogens is 449 g/mol. The number of fused-ring (bicyclic) bond motifs is 1. The third kappa shape index (κ3) is 3.86. The average Bonchev–Trinajstić information content (AvgIpc) is 3.33. The van der Waals surface area contributed by atoms with Crippen LogP contribution in [0.4, 0.5) is 4.39 Å². The zero-order valence-electron chi connectivity index (χ0n) is 15.4. The van der Waals surface area contributed by atoms with E-state index in [2.05, 4.69) is 0 Å². The highest BCUT2D eigenvalue weighted by molar-refractivity contribution is 7.92. The molecule has 0 saturated heterocycles. The molecule has 0 radical (unpaired) electrons. The quantitative estimate of drug-likeness (QED) is 0.414. The van der Waals surface area contributed by atoms with Gasteiger partial charge in [-0.3, -0.25) is 4.79 Å². The normalized spacial score (nSPS) is 11.8. The number of thiophene rings is 1. The van der Waals surface area contributed by atoms with Crippen molar-refractivity contribution in [1.82, 2.24) is 3.97 Å². The molecule has 0 fully saturated rings. The number of benzene rings is 2. The van der Waals surface area contributed by atoms with Crippen LogP contribution in [0.1, 0.15) is 12.0 Å². The maximum absolute atomic E-state index is 13.3. The van der Waals surface area contributed by atoms with Crippen LogP contribution < -0.4 is 0 Å². The highest BCUT2D eigenvalue weighted by Gasteiger charge is 2.24. The molecule has 2 heterocycles. The smallest absolute Gasteiger partial charge is 0.303 e. The molecule has 0 bridgehead atoms. The fourth-order valence-electron chi connectivity index (χ4n) is 3.20. The van der Waals surface area contributed by atoms with Gasteiger partial charge in [0.2, 0.25) is 0 Å². The molecule has 0 atom stereocenters. The predicted molar refractivity (Wildman–Crippen MR) is 115 cm³/mol. The summed E-state index contributed by atoms with van der Waals surface area (Å²) >= 11 is 7.16. The third-order valence-electron chi connectivity index (χ3n) is 4.65. The molecule has 4 aromatic rings. The Morgan fingerprint density at radius 1 is 1.10 bits per heavy atom. The highest BCUT2D eigenvalue weighted by atomic mass is 35.5. The Kier molecular flexibility index (Phi) is 5.40. The van der Waals surface area contributed by atoms with Crippen LogP contribution in [-0.4, -0.2) is 23.5 Å². The van der Waals surface area contributed by atoms with Gasteiger partial charge >= 0.3 is 5.97 Å². The van der Waals surface area contributed by atoms with Crippen molar-refractivity contribution >= 4 is 49.8 Å². The summed E-state index contributed by atoms with van der Waals surface area (Å²) in [5, 5.41) is 10.0. The SMILES string of the molecule is O=C(O)CCc1cn(S(=O)(=O)c2ccc(-c3ccc(F)cc3)s2)c2ccc(Cl)cc12. The van der Waals surface area contributed by atoms with Gasteiger partial charge in [0.25, 0.3) is 10.0 Å². The van der Waals surface area contributed by atoms with E-state index in [1.807, 2.05) is 0 Å². The molecule has 9 heteroatoms. The lowest BCUT2D eigenvalue weighted by molar-refractivity contribution is -0.136. The first-order valence-corrected chi connectivity index (χ1v) is 11.5. The topological polar surface area (TPSA) is 76.4 Å². The molecule has 0 unspecified atom stereocenters. The Morgan fingerprint density at radius 2 is 1.83 bits per heavy atom. The molecular formula is C21H15ClFNO4S2. The van der Waals surface area contributed by atoms with E-state index in [9.17, 15) is 17.6 Å². The van der Waals surface area contributed by atoms with Gasteiger partial charge in [-0.2, -0.15) is 8.42 Å². The third-order valence-corrected chi connectivity index (χ3v) is 8.16. The number of carboxylic acid groups (broad SMARTS) is 1. The lowest BCUT2D eigenvalue weighted by Gasteiger charge is -2.05. The molecule has 154 valence electrons. The monoisotopic (exact) mass is 463 g/mol. The number of aliphatic carboxylic acids is 1. The van der Waals surface area contributed by atoms with Gasteiger partial charge < -0.3 is 5.11 Å². The van der Waals surface area contributed by atoms with Gasteiger partial charge in [0, 0.05) is 27.9 Å². The molecule has 0 amide bonds. The van der Waals surface area contributed by atoms with Crippen molar-refractivity contribution in [3.8, 4) is 10.4 Å². The minimum Gasteiger partial charge on any atom is -0.481 e. The molecule has 5 nitrogen and oxygen atoms in total. The largest absolute Gasteiger partial charge is 0.481 e. The average molecular weight is 464 g/mol. The van der Waals surface area contributed by atoms with Crippen LogP contribution in [0.5, 0.6) is 0 Å². The zero-order chi connectivity index (χ0) is 21.5. The number of rotatable bonds is 6. The second kappa shape index (κ2) is 7.86. The summed E-state index contributed by atoms with van der Waals surface area (Å²) in [6.45, 7) is 0. The molecule has 0 aliphatic carbocycles. The number of carboxylic acids is 1. The Balaban J connectivity index is 1.79. The summed E-state index contributed by atoms with van der Waals surface area (Å²) in [4.78, 5) is 11.7. The number of hydrogen-bond acceptors (Lipinski definition) is 4. The molecule has 4 rings (SSSR count). The fourth-order valence-corrected chi connectivity index (χ4v) is 6.17. The Bertz CT molecular complexity index is 1360. The van der Waals surface area contributed by atoms with Crippen LogP contribution in [-0.2, 0) is 21.2 Å². The van der Waals surface area contributed by atoms with Crippen molar-refractivity contribution in [2.45, 2.75) is 17.1 Å². The summed E-state index contributed by atoms with van der Waals surface area (Å²) in [7, 11) is -3.92. The van der Waals surface area contributed by atoms with E-state index in [-0.39, 0.29) is 22.9 Å². The number of nitrogens with zero attached hydrogens (tertiary/aromatic N) is 1. The minimum absolute atomic E-state index is 0.124. The Labute approximate surface area is 181 Å². The van der Waals surface area contributed by atoms with Crippen molar-refractivity contribution in [1.29, 1.82) is 0 Å². The maximum Gasteiger partial charge on any atom is 0.303 e. The van der Waals surface area contributed by atoms with Gasteiger partial charge in [0.1, 0.15) is 10.0 Å². The van der Waals surface area contributed by atoms with Crippen molar-refractivity contribution in [2.75, 3.05) is 0 Å². The molecule has 1 N–H and O–H groups in total. The minimum atomic E-state index is -3.92. The Hall–Kier alpha value is -2.68. The second-order valence-electron chi connectivity index (χ2n) is 6.64. The van der Waals surface area contributed by atoms with E-state index in [0.29, 0.717) is 31.9 Å². The summed E-state index contributed by atoms with van der Waals surface area (Å²) in [5.41, 5.74) is 1.74. The fraction of sp³-hybridized carbons (Fsp3) is 0.0952. The second-order valence-corrected chi connectivity index (χ2v) is 10.2. The number of carbonyl (C=O) groups is 1. The highest BCUT2D eigenvalue weighted by Crippen LogP contribution is 2.34. The predicted octanol–water partition coefficient (Wildman–Crippen LogP) is 5.42. The van der Waals surface area contributed by atoms with Crippen molar-refractivity contribution in [2.24, 2.45) is 0 Å². The number of aromatic nitrogens is 1. The van der Waals surface area contributed by atoms with Gasteiger partial charge in [-0.1, -0.05) is 23.7 Å². The van der Waals surface area contributed by atoms with Gasteiger partial charge in [-0.15, -0.1) is 11.3 Å². The van der Waals surface area contributed by atoms with E-state index < -0.39 is 16.0 Å². The van der Waals surface area contributed by atoms with Gasteiger partial charge in [0.15, 0.2) is 0 Å². The van der Waals surface area contributed by atoms with E-state index in [1.165, 1.54) is 24.4 Å². The maximum atomic E-state index is 13.3. The van der Waals surface area contributed by atoms with Crippen LogP contribution in [0.3, 0.4) is 0 Å². The summed E-state index contributed by atoms with van der Waals surface area (Å²) in [6.07, 6.45) is 1.51. The number of hydrogen-bond donors (Lipinski definition) is 1. The Morgan fingerprint density at radius 3 is 2.53 bits per heavy atom. The van der Waals surface area contributed by atoms with Crippen LogP contribution in [0.2, 0.25) is 5.02 Å². The van der Waals surface area contributed by atoms with Crippen LogP contribution in [0, 0.1) is 5.82 Å². The van der Waals surface area contributed by atoms with Gasteiger partial charge in [0.05, 0.1) is 5.52 Å². The molecule has 0 aliphatic heterocycles. The standard InChI is InChI=1S/C21H15ClFNO4S2/c22-15-4-7-18-17(11-15)14(3-9-20(25)26)12-24(18)30(27,28)21-10-8-19(29-21)13-1-5-16(23)6-2-13/h1-2,4-8,10-12H,3,9H2,(H,25,26). The van der Waals surface area contributed by atoms with Crippen LogP contribution in [0.25, 0.3) is 21.3 Å². The van der Waals surface area contributed by atoms with Crippen LogP contribution >= 0.6 is 22.9 Å². The lowest BCUT2D eigenvalue weighted by atomic mass is 10.1. The summed E-state index contributed by atoms with van der Waals surface area (Å²) in [5.74, 6) is -1.34. The summed E-state index contributed by atoms with van der Waals surface area (Å²) in [6, 6.07) is 13.9. The van der Waals surface area contributed by atoms with Crippen molar-refractivity contribution < 1.29 is 22.7 Å². The first kappa shape index (κ1) is 20.6. The van der Waals surface area contributed by atoms with E-state index in [1.54, 1.807) is 36.4 Å². The summed E-state index contributed by atoms with van der Waals surface area (Å²) < 4.78 is 41.1. The molecule has 0 saturated carbocycles. The number of halogens is 2. The molecule has 2 aromatic heterocycles. The molecule has 30 heavy (non-hydrogen) atoms. The van der Waals surface area contributed by atoms with Gasteiger partial charge in [-0.05, 0) is 60.0 Å². The first-order chi connectivity index (χ1) is 14.3.